The Balaban J connectivity index is 0.774. The number of carbonyl (C=O) groups is 3. The number of amides is 3. The number of aryl methyl sites for hydroxylation is 3. The number of nitrogens with one attached hydrogen (secondary N) is 2. The highest BCUT2D eigenvalue weighted by Gasteiger charge is 2.43. The number of hydrogen-bond acceptors (Lipinski definition) is 12. The summed E-state index contributed by atoms with van der Waals surface area (Å²) in [5.41, 5.74) is 9.55. The smallest absolute Gasteiger partial charge is 0.248 e. The fourth-order valence-corrected chi connectivity index (χ4v) is 12.2. The maximum Gasteiger partial charge on any atom is 0.248 e. The van der Waals surface area contributed by atoms with Crippen molar-refractivity contribution >= 4 is 57.7 Å². The van der Waals surface area contributed by atoms with Crippen molar-refractivity contribution in [2.24, 2.45) is 10.9 Å². The number of nitrogens with zero attached hydrogens (tertiary/aromatic N) is 8. The molecule has 7 aromatic rings. The van der Waals surface area contributed by atoms with Crippen LogP contribution in [-0.4, -0.2) is 93.8 Å². The van der Waals surface area contributed by atoms with E-state index in [4.69, 9.17) is 21.3 Å². The van der Waals surface area contributed by atoms with E-state index in [0.717, 1.165) is 54.0 Å². The highest BCUT2D eigenvalue weighted by molar-refractivity contribution is 7.15. The normalized spacial score (nSPS) is 20.1. The van der Waals surface area contributed by atoms with Gasteiger partial charge in [-0.3, -0.25) is 28.6 Å². The lowest BCUT2D eigenvalue weighted by Crippen LogP contribution is -2.49. The van der Waals surface area contributed by atoms with Crippen LogP contribution in [0.25, 0.3) is 26.6 Å². The zero-order valence-corrected chi connectivity index (χ0v) is 43.9. The molecule has 3 aliphatic rings. The number of thiazole rings is 1. The third kappa shape index (κ3) is 10.1. The van der Waals surface area contributed by atoms with E-state index in [1.807, 2.05) is 93.2 Å². The van der Waals surface area contributed by atoms with Gasteiger partial charge in [0.2, 0.25) is 17.7 Å². The molecule has 1 saturated carbocycles. The van der Waals surface area contributed by atoms with Crippen molar-refractivity contribution < 1.29 is 28.6 Å². The predicted molar refractivity (Wildman–Crippen MR) is 280 cm³/mol. The SMILES string of the molecule is Cc1ncsc1-c1ccc([C@H](C)NC(=O)[C@@H]2C[C@@H](O)CN2C(=O)[C@H](C(C)C)n2cc(-c3cc(F)cc(OC4CC(NC(=O)C[C@@H]5N=C(c6ccc(Cl)cc6)c6c(sc(C)c6C)-n6c(C)nnc65)C4)c3)cn2)cc1. The van der Waals surface area contributed by atoms with E-state index >= 15 is 4.39 Å². The second-order valence-electron chi connectivity index (χ2n) is 19.7. The molecule has 0 bridgehead atoms. The Morgan fingerprint density at radius 3 is 2.38 bits per heavy atom. The second kappa shape index (κ2) is 20.4. The number of fused-ring (bicyclic) bond motifs is 3. The Kier molecular flexibility index (Phi) is 13.9. The van der Waals surface area contributed by atoms with Crippen LogP contribution in [0.2, 0.25) is 5.02 Å². The first-order valence-electron chi connectivity index (χ1n) is 24.5. The van der Waals surface area contributed by atoms with Crippen LogP contribution in [0, 0.1) is 39.4 Å². The average molecular weight is 1040 g/mol. The third-order valence-electron chi connectivity index (χ3n) is 14.1. The van der Waals surface area contributed by atoms with Crippen molar-refractivity contribution in [3.05, 3.63) is 140 Å². The number of carbonyl (C=O) groups excluding carboxylic acids is 3. The summed E-state index contributed by atoms with van der Waals surface area (Å²) in [5, 5.41) is 32.1. The minimum atomic E-state index is -0.886. The molecule has 3 amide bonds. The molecule has 3 aromatic carbocycles. The molecule has 1 aliphatic carbocycles. The summed E-state index contributed by atoms with van der Waals surface area (Å²) in [6.45, 7) is 13.7. The minimum absolute atomic E-state index is 0.00256. The van der Waals surface area contributed by atoms with Crippen molar-refractivity contribution in [2.75, 3.05) is 6.54 Å². The molecule has 10 rings (SSSR count). The summed E-state index contributed by atoms with van der Waals surface area (Å²) in [7, 11) is 0. The van der Waals surface area contributed by atoms with Crippen molar-refractivity contribution in [2.45, 2.75) is 117 Å². The van der Waals surface area contributed by atoms with E-state index in [2.05, 4.69) is 44.8 Å². The molecule has 0 unspecified atom stereocenters. The van der Waals surface area contributed by atoms with Crippen LogP contribution in [-0.2, 0) is 14.4 Å². The highest BCUT2D eigenvalue weighted by Crippen LogP contribution is 2.40. The first-order valence-corrected chi connectivity index (χ1v) is 26.5. The fourth-order valence-electron chi connectivity index (χ4n) is 10.1. The topological polar surface area (TPSA) is 182 Å². The zero-order valence-electron chi connectivity index (χ0n) is 41.5. The molecule has 0 radical (unpaired) electrons. The van der Waals surface area contributed by atoms with Gasteiger partial charge >= 0.3 is 0 Å². The van der Waals surface area contributed by atoms with Crippen LogP contribution in [0.3, 0.4) is 0 Å². The van der Waals surface area contributed by atoms with Gasteiger partial charge in [-0.2, -0.15) is 5.10 Å². The first-order chi connectivity index (χ1) is 35.0. The molecular weight excluding hydrogens is 987 g/mol. The van der Waals surface area contributed by atoms with E-state index < -0.39 is 30.0 Å². The van der Waals surface area contributed by atoms with Crippen molar-refractivity contribution in [3.63, 3.8) is 0 Å². The quantitative estimate of drug-likeness (QED) is 0.0956. The number of rotatable bonds is 14. The number of hydrogen-bond donors (Lipinski definition) is 3. The van der Waals surface area contributed by atoms with Crippen LogP contribution in [0.15, 0.2) is 89.6 Å². The fraction of sp³-hybridized carbons (Fsp3) is 0.370. The van der Waals surface area contributed by atoms with E-state index in [0.29, 0.717) is 46.4 Å². The van der Waals surface area contributed by atoms with Crippen LogP contribution >= 0.6 is 34.3 Å². The Labute approximate surface area is 435 Å². The van der Waals surface area contributed by atoms with Gasteiger partial charge < -0.3 is 25.4 Å². The van der Waals surface area contributed by atoms with Gasteiger partial charge in [-0.15, -0.1) is 32.9 Å². The molecule has 3 N–H and O–H groups in total. The van der Waals surface area contributed by atoms with Crippen LogP contribution in [0.1, 0.15) is 109 Å². The lowest BCUT2D eigenvalue weighted by Gasteiger charge is -2.36. The van der Waals surface area contributed by atoms with E-state index in [1.165, 1.54) is 17.0 Å². The van der Waals surface area contributed by atoms with E-state index in [-0.39, 0.29) is 61.2 Å². The number of aliphatic imine (C=N–C) groups is 1. The third-order valence-corrected chi connectivity index (χ3v) is 16.5. The number of thiophene rings is 1. The Bertz CT molecular complexity index is 3250. The molecule has 2 fully saturated rings. The summed E-state index contributed by atoms with van der Waals surface area (Å²) in [5.74, 6) is -0.0168. The standard InChI is InChI=1S/C54H56ClFN10O5S2/c1-27(2)49(53(70)64-25-41(67)21-45(64)52(69)59-29(4)33-8-10-35(11-9-33)50-30(5)57-26-72-50)65-24-37(23-58-65)36-16-39(56)18-42(17-36)71-43-19-40(20-43)60-46(68)22-44-51-63-62-32(7)66(51)54-47(28(3)31(6)73-54)48(61-44)34-12-14-38(55)15-13-34/h8-18,23-24,26-27,29,40-41,43-45,49,67H,19-22,25H2,1-7H3,(H,59,69)(H,60,68)/t29-,40?,41+,43?,44-,45-,49-/m0/s1. The number of benzene rings is 3. The lowest BCUT2D eigenvalue weighted by molar-refractivity contribution is -0.142. The number of halogens is 2. The monoisotopic (exact) mass is 1040 g/mol. The van der Waals surface area contributed by atoms with Gasteiger partial charge in [0.25, 0.3) is 0 Å². The Morgan fingerprint density at radius 1 is 0.932 bits per heavy atom. The predicted octanol–water partition coefficient (Wildman–Crippen LogP) is 9.39. The molecule has 2 aliphatic heterocycles. The van der Waals surface area contributed by atoms with Gasteiger partial charge in [-0.1, -0.05) is 61.8 Å². The van der Waals surface area contributed by atoms with Gasteiger partial charge in [0.1, 0.15) is 46.6 Å². The summed E-state index contributed by atoms with van der Waals surface area (Å²) < 4.78 is 25.1. The van der Waals surface area contributed by atoms with Gasteiger partial charge in [-0.05, 0) is 87.1 Å². The molecular formula is C54H56ClFN10O5S2. The van der Waals surface area contributed by atoms with Crippen molar-refractivity contribution in [1.29, 1.82) is 0 Å². The number of aliphatic hydroxyl groups excluding tert-OH is 1. The maximum absolute atomic E-state index is 15.3. The van der Waals surface area contributed by atoms with E-state index in [1.54, 1.807) is 45.8 Å². The lowest BCUT2D eigenvalue weighted by atomic mass is 9.89. The van der Waals surface area contributed by atoms with Crippen LogP contribution in [0.4, 0.5) is 4.39 Å². The highest BCUT2D eigenvalue weighted by atomic mass is 35.5. The summed E-state index contributed by atoms with van der Waals surface area (Å²) in [6.07, 6.45) is 3.32. The van der Waals surface area contributed by atoms with Gasteiger partial charge in [0, 0.05) is 70.7 Å². The number of likely N-dealkylation sites (tertiary alicyclic amines) is 1. The summed E-state index contributed by atoms with van der Waals surface area (Å²) >= 11 is 9.50. The van der Waals surface area contributed by atoms with Gasteiger partial charge in [0.05, 0.1) is 46.6 Å². The first kappa shape index (κ1) is 50.0. The van der Waals surface area contributed by atoms with E-state index in [9.17, 15) is 19.5 Å². The Hall–Kier alpha value is -6.60. The number of aromatic nitrogens is 6. The molecule has 4 aromatic heterocycles. The Morgan fingerprint density at radius 2 is 1.67 bits per heavy atom. The number of ether oxygens (including phenoxy) is 1. The molecule has 378 valence electrons. The molecule has 5 atom stereocenters. The molecule has 19 heteroatoms. The molecule has 6 heterocycles. The number of β-amino-alcohol motifs (C(OH)–C–C–N with tert-alkyl or cyclic N) is 1. The molecule has 73 heavy (non-hydrogen) atoms. The van der Waals surface area contributed by atoms with Gasteiger partial charge in [0.15, 0.2) is 5.82 Å². The maximum atomic E-state index is 15.3. The molecule has 15 nitrogen and oxygen atoms in total. The second-order valence-corrected chi connectivity index (χ2v) is 22.2. The van der Waals surface area contributed by atoms with Gasteiger partial charge in [-0.25, -0.2) is 9.37 Å². The van der Waals surface area contributed by atoms with Crippen LogP contribution < -0.4 is 15.4 Å². The minimum Gasteiger partial charge on any atom is -0.490 e. The van der Waals surface area contributed by atoms with Crippen LogP contribution in [0.5, 0.6) is 5.75 Å². The average Bonchev–Trinajstić information content (AvgIpc) is 4.19. The van der Waals surface area contributed by atoms with Crippen molar-refractivity contribution in [3.8, 4) is 32.3 Å². The molecule has 1 saturated heterocycles. The molecule has 0 spiro atoms. The summed E-state index contributed by atoms with van der Waals surface area (Å²) in [6, 6.07) is 17.1. The van der Waals surface area contributed by atoms with Crippen molar-refractivity contribution in [1.82, 2.24) is 45.1 Å². The number of aliphatic hydroxyl groups is 1. The zero-order chi connectivity index (χ0) is 51.4. The largest absolute Gasteiger partial charge is 0.490 e. The summed E-state index contributed by atoms with van der Waals surface area (Å²) in [4.78, 5) is 55.3.